The van der Waals surface area contributed by atoms with E-state index in [-0.39, 0.29) is 18.2 Å². The molecule has 1 saturated carbocycles. The first-order valence-corrected chi connectivity index (χ1v) is 15.5. The van der Waals surface area contributed by atoms with Gasteiger partial charge in [-0.2, -0.15) is 8.42 Å². The average Bonchev–Trinajstić information content (AvgIpc) is 3.43. The first kappa shape index (κ1) is 24.9. The summed E-state index contributed by atoms with van der Waals surface area (Å²) < 4.78 is 29.0. The monoisotopic (exact) mass is 561 g/mol. The predicted molar refractivity (Wildman–Crippen MR) is 145 cm³/mol. The van der Waals surface area contributed by atoms with Crippen LogP contribution in [0.5, 0.6) is 0 Å². The first-order chi connectivity index (χ1) is 17.6. The van der Waals surface area contributed by atoms with Crippen LogP contribution in [0, 0.1) is 0 Å². The number of nitrogens with zero attached hydrogens (tertiary/aromatic N) is 3. The number of benzene rings is 1. The summed E-state index contributed by atoms with van der Waals surface area (Å²) in [6.45, 7) is 1.34. The number of fused-ring (bicyclic) bond motifs is 2. The minimum atomic E-state index is -3.56. The van der Waals surface area contributed by atoms with Crippen LogP contribution in [0.2, 0.25) is 5.02 Å². The number of halogens is 1. The fourth-order valence-corrected chi connectivity index (χ4v) is 8.02. The Bertz CT molecular complexity index is 1500. The minimum Gasteiger partial charge on any atom is -0.465 e. The van der Waals surface area contributed by atoms with Gasteiger partial charge in [-0.1, -0.05) is 11.6 Å². The van der Waals surface area contributed by atoms with Crippen LogP contribution in [-0.2, 0) is 27.3 Å². The smallest absolute Gasteiger partial charge is 0.407 e. The largest absolute Gasteiger partial charge is 0.465 e. The second-order valence-electron chi connectivity index (χ2n) is 10.3. The van der Waals surface area contributed by atoms with Gasteiger partial charge in [-0.15, -0.1) is 11.3 Å². The highest BCUT2D eigenvalue weighted by atomic mass is 35.5. The molecular formula is C26H28ClN3O5S2. The van der Waals surface area contributed by atoms with Gasteiger partial charge in [0.1, 0.15) is 6.61 Å². The maximum atomic E-state index is 12.1. The Morgan fingerprint density at radius 2 is 2.08 bits per heavy atom. The number of aromatic nitrogens is 1. The topological polar surface area (TPSA) is 100 Å². The van der Waals surface area contributed by atoms with Gasteiger partial charge in [-0.05, 0) is 68.4 Å². The van der Waals surface area contributed by atoms with E-state index >= 15 is 0 Å². The molecule has 1 N–H and O–H groups in total. The molecule has 196 valence electrons. The minimum absolute atomic E-state index is 0.0335. The van der Waals surface area contributed by atoms with Crippen LogP contribution in [-0.4, -0.2) is 60.4 Å². The molecule has 8 nitrogen and oxygen atoms in total. The lowest BCUT2D eigenvalue weighted by Crippen LogP contribution is -2.51. The zero-order valence-electron chi connectivity index (χ0n) is 20.4. The van der Waals surface area contributed by atoms with Crippen molar-refractivity contribution in [2.75, 3.05) is 24.2 Å². The maximum Gasteiger partial charge on any atom is 0.407 e. The zero-order chi connectivity index (χ0) is 25.9. The average molecular weight is 562 g/mol. The van der Waals surface area contributed by atoms with E-state index in [0.29, 0.717) is 11.6 Å². The number of aryl methyl sites for hydroxylation is 1. The number of carbonyl (C=O) groups is 1. The summed E-state index contributed by atoms with van der Waals surface area (Å²) in [5.74, 6) is 0. The van der Waals surface area contributed by atoms with Crippen LogP contribution in [0.4, 0.5) is 10.5 Å². The van der Waals surface area contributed by atoms with Crippen molar-refractivity contribution >= 4 is 55.1 Å². The Balaban J connectivity index is 1.43. The molecule has 11 heteroatoms. The number of carboxylic acid groups (broad SMARTS) is 1. The molecule has 2 aromatic heterocycles. The van der Waals surface area contributed by atoms with Crippen LogP contribution < -0.4 is 4.90 Å². The van der Waals surface area contributed by atoms with Crippen molar-refractivity contribution < 1.29 is 22.5 Å². The lowest BCUT2D eigenvalue weighted by Gasteiger charge is -2.44. The highest BCUT2D eigenvalue weighted by molar-refractivity contribution is 7.85. The van der Waals surface area contributed by atoms with Gasteiger partial charge in [-0.3, -0.25) is 9.17 Å². The van der Waals surface area contributed by atoms with E-state index in [1.165, 1.54) is 16.9 Å². The van der Waals surface area contributed by atoms with Crippen LogP contribution >= 0.6 is 22.9 Å². The van der Waals surface area contributed by atoms with Crippen molar-refractivity contribution in [3.63, 3.8) is 0 Å². The highest BCUT2D eigenvalue weighted by Gasteiger charge is 2.53. The summed E-state index contributed by atoms with van der Waals surface area (Å²) in [6, 6.07) is 7.97. The van der Waals surface area contributed by atoms with Crippen molar-refractivity contribution in [1.29, 1.82) is 0 Å². The molecule has 1 aliphatic carbocycles. The SMILES string of the molecule is CS(=O)(=O)OCc1cc2nccc(-c3cc(Cl)cc4c3N(C3CN(C(=O)O)C5(CCC5)C3)CCC4)c2s1. The van der Waals surface area contributed by atoms with Gasteiger partial charge < -0.3 is 14.9 Å². The Labute approximate surface area is 224 Å². The Hall–Kier alpha value is -2.40. The van der Waals surface area contributed by atoms with E-state index in [1.54, 1.807) is 11.1 Å². The number of hydrogen-bond acceptors (Lipinski definition) is 7. The number of hydrogen-bond donors (Lipinski definition) is 1. The number of pyridine rings is 1. The van der Waals surface area contributed by atoms with Crippen molar-refractivity contribution in [2.24, 2.45) is 0 Å². The molecule has 1 unspecified atom stereocenters. The van der Waals surface area contributed by atoms with Crippen molar-refractivity contribution in [3.8, 4) is 11.1 Å². The number of amides is 1. The molecule has 1 amide bonds. The van der Waals surface area contributed by atoms with Crippen LogP contribution in [0.25, 0.3) is 21.3 Å². The van der Waals surface area contributed by atoms with Crippen molar-refractivity contribution in [2.45, 2.75) is 56.7 Å². The molecule has 1 atom stereocenters. The van der Waals surface area contributed by atoms with E-state index < -0.39 is 16.2 Å². The quantitative estimate of drug-likeness (QED) is 0.409. The van der Waals surface area contributed by atoms with E-state index in [4.69, 9.17) is 15.8 Å². The summed E-state index contributed by atoms with van der Waals surface area (Å²) in [5.41, 5.74) is 4.83. The van der Waals surface area contributed by atoms with Gasteiger partial charge in [0.05, 0.1) is 16.5 Å². The molecule has 1 saturated heterocycles. The summed E-state index contributed by atoms with van der Waals surface area (Å²) >= 11 is 8.10. The number of thiophene rings is 1. The van der Waals surface area contributed by atoms with Gasteiger partial charge >= 0.3 is 6.09 Å². The third-order valence-electron chi connectivity index (χ3n) is 7.99. The van der Waals surface area contributed by atoms with Crippen LogP contribution in [0.1, 0.15) is 42.5 Å². The van der Waals surface area contributed by atoms with Gasteiger partial charge in [0.25, 0.3) is 10.1 Å². The van der Waals surface area contributed by atoms with Crippen molar-refractivity contribution in [1.82, 2.24) is 9.88 Å². The normalized spacial score (nSPS) is 20.9. The molecule has 2 aliphatic heterocycles. The van der Waals surface area contributed by atoms with Gasteiger partial charge in [0.15, 0.2) is 0 Å². The van der Waals surface area contributed by atoms with Crippen molar-refractivity contribution in [3.05, 3.63) is 45.9 Å². The second-order valence-corrected chi connectivity index (χ2v) is 13.6. The van der Waals surface area contributed by atoms with E-state index in [9.17, 15) is 18.3 Å². The number of rotatable bonds is 5. The molecule has 3 aliphatic rings. The summed E-state index contributed by atoms with van der Waals surface area (Å²) in [4.78, 5) is 21.5. The van der Waals surface area contributed by atoms with Gasteiger partial charge in [0.2, 0.25) is 0 Å². The Morgan fingerprint density at radius 1 is 1.27 bits per heavy atom. The van der Waals surface area contributed by atoms with E-state index in [2.05, 4.69) is 9.88 Å². The molecule has 3 aromatic rings. The summed E-state index contributed by atoms with van der Waals surface area (Å²) in [5, 5.41) is 10.6. The maximum absolute atomic E-state index is 12.1. The molecule has 37 heavy (non-hydrogen) atoms. The second kappa shape index (κ2) is 9.11. The standard InChI is InChI=1S/C26H28ClN3O5S2/c1-37(33,34)35-15-19-12-22-24(36-19)20(5-8-28-22)21-11-17(27)10-16-4-2-9-29(23(16)21)18-13-26(6-3-7-26)30(14-18)25(31)32/h5,8,10-12,18H,2-4,6-7,9,13-15H2,1H3,(H,31,32). The lowest BCUT2D eigenvalue weighted by atomic mass is 9.74. The lowest BCUT2D eigenvalue weighted by molar-refractivity contribution is 0.0542. The highest BCUT2D eigenvalue weighted by Crippen LogP contribution is 2.50. The molecule has 6 rings (SSSR count). The molecule has 0 bridgehead atoms. The Morgan fingerprint density at radius 3 is 2.76 bits per heavy atom. The van der Waals surface area contributed by atoms with Gasteiger partial charge in [-0.25, -0.2) is 4.79 Å². The fourth-order valence-electron chi connectivity index (χ4n) is 6.31. The number of likely N-dealkylation sites (tertiary alicyclic amines) is 1. The third kappa shape index (κ3) is 4.47. The zero-order valence-corrected chi connectivity index (χ0v) is 22.8. The molecule has 0 radical (unpaired) electrons. The Kier molecular flexibility index (Phi) is 6.13. The summed E-state index contributed by atoms with van der Waals surface area (Å²) in [7, 11) is -3.56. The summed E-state index contributed by atoms with van der Waals surface area (Å²) in [6.07, 6.45) is 7.66. The fraction of sp³-hybridized carbons (Fsp3) is 0.462. The molecule has 1 aromatic carbocycles. The molecule has 1 spiro atoms. The van der Waals surface area contributed by atoms with Gasteiger partial charge in [0, 0.05) is 57.6 Å². The third-order valence-corrected chi connectivity index (χ3v) is 9.89. The van der Waals surface area contributed by atoms with Crippen LogP contribution in [0.3, 0.4) is 0 Å². The first-order valence-electron chi connectivity index (χ1n) is 12.5. The molecule has 2 fully saturated rings. The number of anilines is 1. The van der Waals surface area contributed by atoms with E-state index in [1.807, 2.05) is 24.3 Å². The molecular weight excluding hydrogens is 534 g/mol. The van der Waals surface area contributed by atoms with E-state index in [0.717, 1.165) is 83.2 Å². The molecule has 4 heterocycles. The van der Waals surface area contributed by atoms with Crippen LogP contribution in [0.15, 0.2) is 30.5 Å². The predicted octanol–water partition coefficient (Wildman–Crippen LogP) is 5.52.